The van der Waals surface area contributed by atoms with Gasteiger partial charge in [0.2, 0.25) is 0 Å². The fourth-order valence-electron chi connectivity index (χ4n) is 1.23. The molecule has 88 valence electrons. The van der Waals surface area contributed by atoms with Gasteiger partial charge in [-0.2, -0.15) is 0 Å². The lowest BCUT2D eigenvalue weighted by atomic mass is 10.2. The molecule has 5 nitrogen and oxygen atoms in total. The summed E-state index contributed by atoms with van der Waals surface area (Å²) in [4.78, 5) is 22.6. The number of methoxy groups -OCH3 is 1. The van der Waals surface area contributed by atoms with Crippen LogP contribution >= 0.6 is 11.3 Å². The SMILES string of the molecule is COc1ccsc1C(=O)NC(C)CC(=O)O. The second-order valence-corrected chi connectivity index (χ2v) is 4.21. The van der Waals surface area contributed by atoms with Crippen LogP contribution in [0.15, 0.2) is 11.4 Å². The lowest BCUT2D eigenvalue weighted by Gasteiger charge is -2.11. The van der Waals surface area contributed by atoms with Crippen molar-refractivity contribution in [1.82, 2.24) is 5.32 Å². The Morgan fingerprint density at radius 2 is 2.31 bits per heavy atom. The van der Waals surface area contributed by atoms with Gasteiger partial charge in [0.25, 0.3) is 5.91 Å². The number of carboxylic acids is 1. The van der Waals surface area contributed by atoms with Gasteiger partial charge in [0.05, 0.1) is 13.5 Å². The van der Waals surface area contributed by atoms with Gasteiger partial charge < -0.3 is 15.2 Å². The quantitative estimate of drug-likeness (QED) is 0.818. The molecule has 0 fully saturated rings. The summed E-state index contributed by atoms with van der Waals surface area (Å²) in [6.45, 7) is 1.64. The maximum absolute atomic E-state index is 11.7. The number of aliphatic carboxylic acids is 1. The predicted molar refractivity (Wildman–Crippen MR) is 60.1 cm³/mol. The van der Waals surface area contributed by atoms with E-state index < -0.39 is 12.0 Å². The average molecular weight is 243 g/mol. The third kappa shape index (κ3) is 3.23. The number of thiophene rings is 1. The molecule has 6 heteroatoms. The molecule has 0 saturated carbocycles. The number of amides is 1. The van der Waals surface area contributed by atoms with Crippen molar-refractivity contribution in [3.63, 3.8) is 0 Å². The summed E-state index contributed by atoms with van der Waals surface area (Å²) < 4.78 is 5.00. The summed E-state index contributed by atoms with van der Waals surface area (Å²) in [5, 5.41) is 12.9. The Hall–Kier alpha value is -1.56. The third-order valence-electron chi connectivity index (χ3n) is 1.91. The van der Waals surface area contributed by atoms with Crippen molar-refractivity contribution in [3.8, 4) is 5.75 Å². The van der Waals surface area contributed by atoms with Crippen LogP contribution in [0.3, 0.4) is 0 Å². The van der Waals surface area contributed by atoms with E-state index in [4.69, 9.17) is 9.84 Å². The van der Waals surface area contributed by atoms with Crippen LogP contribution < -0.4 is 10.1 Å². The Balaban J connectivity index is 2.62. The normalized spacial score (nSPS) is 11.9. The van der Waals surface area contributed by atoms with Gasteiger partial charge >= 0.3 is 5.97 Å². The Morgan fingerprint density at radius 1 is 1.62 bits per heavy atom. The van der Waals surface area contributed by atoms with E-state index in [1.54, 1.807) is 18.4 Å². The molecule has 2 N–H and O–H groups in total. The minimum Gasteiger partial charge on any atom is -0.495 e. The Morgan fingerprint density at radius 3 is 2.88 bits per heavy atom. The van der Waals surface area contributed by atoms with E-state index in [-0.39, 0.29) is 12.3 Å². The van der Waals surface area contributed by atoms with Gasteiger partial charge in [-0.1, -0.05) is 0 Å². The van der Waals surface area contributed by atoms with Gasteiger partial charge in [0, 0.05) is 6.04 Å². The van der Waals surface area contributed by atoms with Crippen LogP contribution in [0.1, 0.15) is 23.0 Å². The van der Waals surface area contributed by atoms with E-state index in [1.165, 1.54) is 18.4 Å². The third-order valence-corrected chi connectivity index (χ3v) is 2.81. The zero-order valence-corrected chi connectivity index (χ0v) is 9.84. The molecule has 0 bridgehead atoms. The molecule has 0 aliphatic rings. The van der Waals surface area contributed by atoms with Crippen LogP contribution in [0, 0.1) is 0 Å². The smallest absolute Gasteiger partial charge is 0.305 e. The lowest BCUT2D eigenvalue weighted by Crippen LogP contribution is -2.33. The van der Waals surface area contributed by atoms with Crippen molar-refractivity contribution in [2.24, 2.45) is 0 Å². The highest BCUT2D eigenvalue weighted by Crippen LogP contribution is 2.24. The second-order valence-electron chi connectivity index (χ2n) is 3.29. The summed E-state index contributed by atoms with van der Waals surface area (Å²) in [6.07, 6.45) is -0.0978. The van der Waals surface area contributed by atoms with Crippen molar-refractivity contribution >= 4 is 23.2 Å². The summed E-state index contributed by atoms with van der Waals surface area (Å²) >= 11 is 1.26. The number of carbonyl (C=O) groups excluding carboxylic acids is 1. The van der Waals surface area contributed by atoms with E-state index in [9.17, 15) is 9.59 Å². The van der Waals surface area contributed by atoms with E-state index in [0.29, 0.717) is 10.6 Å². The van der Waals surface area contributed by atoms with Crippen molar-refractivity contribution in [3.05, 3.63) is 16.3 Å². The average Bonchev–Trinajstić information content (AvgIpc) is 2.63. The van der Waals surface area contributed by atoms with E-state index in [1.807, 2.05) is 0 Å². The minimum atomic E-state index is -0.939. The molecule has 1 unspecified atom stereocenters. The number of carboxylic acid groups (broad SMARTS) is 1. The van der Waals surface area contributed by atoms with Crippen molar-refractivity contribution in [2.45, 2.75) is 19.4 Å². The van der Waals surface area contributed by atoms with Gasteiger partial charge in [0.1, 0.15) is 10.6 Å². The Labute approximate surface area is 97.0 Å². The molecule has 0 radical (unpaired) electrons. The lowest BCUT2D eigenvalue weighted by molar-refractivity contribution is -0.137. The highest BCUT2D eigenvalue weighted by atomic mass is 32.1. The Bertz CT molecular complexity index is 388. The number of ether oxygens (including phenoxy) is 1. The summed E-state index contributed by atoms with van der Waals surface area (Å²) in [5.74, 6) is -0.739. The van der Waals surface area contributed by atoms with Gasteiger partial charge in [-0.05, 0) is 18.4 Å². The van der Waals surface area contributed by atoms with Crippen LogP contribution in [0.4, 0.5) is 0 Å². The standard InChI is InChI=1S/C10H13NO4S/c1-6(5-8(12)13)11-10(14)9-7(15-2)3-4-16-9/h3-4,6H,5H2,1-2H3,(H,11,14)(H,12,13). The van der Waals surface area contributed by atoms with Gasteiger partial charge in [-0.25, -0.2) is 0 Å². The van der Waals surface area contributed by atoms with Crippen LogP contribution in [0.25, 0.3) is 0 Å². The maximum atomic E-state index is 11.7. The predicted octanol–water partition coefficient (Wildman–Crippen LogP) is 1.35. The number of nitrogens with one attached hydrogen (secondary N) is 1. The molecule has 0 spiro atoms. The molecule has 16 heavy (non-hydrogen) atoms. The zero-order chi connectivity index (χ0) is 12.1. The molecule has 1 aromatic rings. The monoisotopic (exact) mass is 243 g/mol. The van der Waals surface area contributed by atoms with E-state index in [0.717, 1.165) is 0 Å². The Kier molecular flexibility index (Phi) is 4.30. The molecule has 0 aliphatic carbocycles. The van der Waals surface area contributed by atoms with Crippen molar-refractivity contribution < 1.29 is 19.4 Å². The first kappa shape index (κ1) is 12.5. The van der Waals surface area contributed by atoms with Crippen LogP contribution in [0.2, 0.25) is 0 Å². The molecular formula is C10H13NO4S. The molecule has 1 rings (SSSR count). The highest BCUT2D eigenvalue weighted by molar-refractivity contribution is 7.12. The molecule has 1 heterocycles. The van der Waals surface area contributed by atoms with Crippen LogP contribution in [-0.2, 0) is 4.79 Å². The first-order valence-electron chi connectivity index (χ1n) is 4.68. The molecule has 0 saturated heterocycles. The van der Waals surface area contributed by atoms with Crippen molar-refractivity contribution in [1.29, 1.82) is 0 Å². The maximum Gasteiger partial charge on any atom is 0.305 e. The second kappa shape index (κ2) is 5.50. The van der Waals surface area contributed by atoms with Crippen molar-refractivity contribution in [2.75, 3.05) is 7.11 Å². The summed E-state index contributed by atoms with van der Waals surface area (Å²) in [5.41, 5.74) is 0. The molecule has 0 aliphatic heterocycles. The molecule has 1 atom stereocenters. The summed E-state index contributed by atoms with van der Waals surface area (Å²) in [6, 6.07) is 1.29. The fourth-order valence-corrected chi connectivity index (χ4v) is 1.99. The van der Waals surface area contributed by atoms with Gasteiger partial charge in [0.15, 0.2) is 0 Å². The zero-order valence-electron chi connectivity index (χ0n) is 9.02. The minimum absolute atomic E-state index is 0.0978. The number of rotatable bonds is 5. The van der Waals surface area contributed by atoms with E-state index in [2.05, 4.69) is 5.32 Å². The van der Waals surface area contributed by atoms with Crippen LogP contribution in [0.5, 0.6) is 5.75 Å². The fraction of sp³-hybridized carbons (Fsp3) is 0.400. The van der Waals surface area contributed by atoms with Gasteiger partial charge in [-0.3, -0.25) is 9.59 Å². The van der Waals surface area contributed by atoms with Gasteiger partial charge in [-0.15, -0.1) is 11.3 Å². The molecular weight excluding hydrogens is 230 g/mol. The number of hydrogen-bond donors (Lipinski definition) is 2. The van der Waals surface area contributed by atoms with Crippen LogP contribution in [-0.4, -0.2) is 30.1 Å². The first-order valence-corrected chi connectivity index (χ1v) is 5.56. The molecule has 0 aromatic carbocycles. The molecule has 1 amide bonds. The topological polar surface area (TPSA) is 75.6 Å². The summed E-state index contributed by atoms with van der Waals surface area (Å²) in [7, 11) is 1.49. The number of carbonyl (C=O) groups is 2. The van der Waals surface area contributed by atoms with E-state index >= 15 is 0 Å². The largest absolute Gasteiger partial charge is 0.495 e. The highest BCUT2D eigenvalue weighted by Gasteiger charge is 2.17. The first-order chi connectivity index (χ1) is 7.54. The number of hydrogen-bond acceptors (Lipinski definition) is 4. The molecule has 1 aromatic heterocycles.